The molecule has 1 aromatic heterocycles. The van der Waals surface area contributed by atoms with Crippen molar-refractivity contribution in [2.45, 2.75) is 20.3 Å². The Morgan fingerprint density at radius 3 is 2.69 bits per heavy atom. The van der Waals surface area contributed by atoms with Crippen LogP contribution in [0.2, 0.25) is 0 Å². The Labute approximate surface area is 76.4 Å². The number of aromatic carboxylic acids is 1. The number of nitrogens with zero attached hydrogens (tertiary/aromatic N) is 1. The highest BCUT2D eigenvalue weighted by molar-refractivity contribution is 5.94. The van der Waals surface area contributed by atoms with Crippen molar-refractivity contribution >= 4 is 11.7 Å². The monoisotopic (exact) mass is 180 g/mol. The van der Waals surface area contributed by atoms with E-state index in [4.69, 9.17) is 10.8 Å². The van der Waals surface area contributed by atoms with Crippen molar-refractivity contribution in [3.63, 3.8) is 0 Å². The van der Waals surface area contributed by atoms with E-state index in [2.05, 4.69) is 4.98 Å². The van der Waals surface area contributed by atoms with E-state index in [0.717, 1.165) is 12.1 Å². The van der Waals surface area contributed by atoms with Crippen LogP contribution in [0.15, 0.2) is 6.07 Å². The number of aromatic nitrogens is 1. The Balaban J connectivity index is 3.31. The summed E-state index contributed by atoms with van der Waals surface area (Å²) in [5.74, 6) is -1.02. The Morgan fingerprint density at radius 2 is 2.31 bits per heavy atom. The van der Waals surface area contributed by atoms with Gasteiger partial charge in [0.05, 0.1) is 5.69 Å². The van der Waals surface area contributed by atoms with Gasteiger partial charge in [0.1, 0.15) is 5.56 Å². The number of pyridine rings is 1. The lowest BCUT2D eigenvalue weighted by Gasteiger charge is -2.06. The number of nitrogens with two attached hydrogens (primary N) is 1. The van der Waals surface area contributed by atoms with E-state index in [9.17, 15) is 4.79 Å². The van der Waals surface area contributed by atoms with Crippen LogP contribution in [0.25, 0.3) is 0 Å². The first-order valence-corrected chi connectivity index (χ1v) is 4.05. The second kappa shape index (κ2) is 3.43. The van der Waals surface area contributed by atoms with E-state index >= 15 is 0 Å². The number of nitrogen functional groups attached to an aromatic ring is 1. The van der Waals surface area contributed by atoms with Crippen molar-refractivity contribution in [3.8, 4) is 0 Å². The summed E-state index contributed by atoms with van der Waals surface area (Å²) in [4.78, 5) is 14.8. The van der Waals surface area contributed by atoms with E-state index in [-0.39, 0.29) is 11.3 Å². The number of carbonyl (C=O) groups is 1. The zero-order chi connectivity index (χ0) is 10.0. The molecule has 13 heavy (non-hydrogen) atoms. The average molecular weight is 180 g/mol. The molecule has 3 N–H and O–H groups in total. The van der Waals surface area contributed by atoms with Gasteiger partial charge in [-0.05, 0) is 19.4 Å². The number of anilines is 1. The van der Waals surface area contributed by atoms with Crippen molar-refractivity contribution in [1.82, 2.24) is 4.98 Å². The average Bonchev–Trinajstić information content (AvgIpc) is 2.02. The lowest BCUT2D eigenvalue weighted by atomic mass is 10.1. The van der Waals surface area contributed by atoms with Crippen LogP contribution in [0.1, 0.15) is 28.7 Å². The predicted octanol–water partition coefficient (Wildman–Crippen LogP) is 1.23. The summed E-state index contributed by atoms with van der Waals surface area (Å²) in [5, 5.41) is 8.79. The molecule has 0 saturated carbocycles. The molecule has 0 aliphatic rings. The summed E-state index contributed by atoms with van der Waals surface area (Å²) in [6, 6.07) is 1.61. The van der Waals surface area contributed by atoms with Crippen molar-refractivity contribution in [2.75, 3.05) is 5.73 Å². The van der Waals surface area contributed by atoms with Gasteiger partial charge >= 0.3 is 5.97 Å². The Kier molecular flexibility index (Phi) is 2.51. The van der Waals surface area contributed by atoms with Gasteiger partial charge in [0.25, 0.3) is 0 Å². The molecule has 1 rings (SSSR count). The third-order valence-electron chi connectivity index (χ3n) is 1.86. The summed E-state index contributed by atoms with van der Waals surface area (Å²) in [7, 11) is 0. The predicted molar refractivity (Wildman–Crippen MR) is 49.7 cm³/mol. The first-order chi connectivity index (χ1) is 6.06. The largest absolute Gasteiger partial charge is 0.478 e. The molecule has 0 aromatic carbocycles. The molecular formula is C9H12N2O2. The first-order valence-electron chi connectivity index (χ1n) is 4.05. The van der Waals surface area contributed by atoms with Crippen molar-refractivity contribution in [3.05, 3.63) is 23.0 Å². The molecular weight excluding hydrogens is 168 g/mol. The van der Waals surface area contributed by atoms with Gasteiger partial charge in [0.2, 0.25) is 0 Å². The molecule has 0 bridgehead atoms. The third-order valence-corrected chi connectivity index (χ3v) is 1.86. The Morgan fingerprint density at radius 1 is 1.69 bits per heavy atom. The molecule has 1 aromatic rings. The molecule has 0 spiro atoms. The number of hydrogen-bond donors (Lipinski definition) is 2. The lowest BCUT2D eigenvalue weighted by molar-refractivity contribution is 0.0697. The van der Waals surface area contributed by atoms with Crippen molar-refractivity contribution in [2.24, 2.45) is 0 Å². The molecule has 4 heteroatoms. The highest BCUT2D eigenvalue weighted by atomic mass is 16.4. The minimum Gasteiger partial charge on any atom is -0.478 e. The van der Waals surface area contributed by atoms with Crippen LogP contribution in [0.4, 0.5) is 5.69 Å². The summed E-state index contributed by atoms with van der Waals surface area (Å²) in [6.07, 6.45) is 0.755. The molecule has 0 aliphatic heterocycles. The molecule has 4 nitrogen and oxygen atoms in total. The zero-order valence-electron chi connectivity index (χ0n) is 7.66. The second-order valence-corrected chi connectivity index (χ2v) is 2.82. The minimum absolute atomic E-state index is 0.109. The number of rotatable bonds is 2. The zero-order valence-corrected chi connectivity index (χ0v) is 7.66. The maximum atomic E-state index is 10.7. The fourth-order valence-electron chi connectivity index (χ4n) is 1.22. The quantitative estimate of drug-likeness (QED) is 0.717. The highest BCUT2D eigenvalue weighted by Gasteiger charge is 2.13. The summed E-state index contributed by atoms with van der Waals surface area (Å²) >= 11 is 0. The molecule has 1 heterocycles. The van der Waals surface area contributed by atoms with E-state index in [1.165, 1.54) is 0 Å². The fourth-order valence-corrected chi connectivity index (χ4v) is 1.22. The minimum atomic E-state index is -1.02. The smallest absolute Gasteiger partial charge is 0.339 e. The first kappa shape index (κ1) is 9.51. The van der Waals surface area contributed by atoms with Crippen LogP contribution in [0, 0.1) is 6.92 Å². The van der Waals surface area contributed by atoms with Crippen LogP contribution in [0.5, 0.6) is 0 Å². The van der Waals surface area contributed by atoms with Crippen LogP contribution in [-0.4, -0.2) is 16.1 Å². The van der Waals surface area contributed by atoms with E-state index in [0.29, 0.717) is 5.69 Å². The molecule has 0 aliphatic carbocycles. The van der Waals surface area contributed by atoms with Crippen LogP contribution in [0.3, 0.4) is 0 Å². The molecule has 0 saturated heterocycles. The molecule has 0 fully saturated rings. The molecule has 0 unspecified atom stereocenters. The SMILES string of the molecule is CCc1cc(N)c(C(=O)O)c(C)n1. The summed E-state index contributed by atoms with van der Waals surface area (Å²) < 4.78 is 0. The van der Waals surface area contributed by atoms with Gasteiger partial charge < -0.3 is 10.8 Å². The lowest BCUT2D eigenvalue weighted by Crippen LogP contribution is -2.08. The van der Waals surface area contributed by atoms with Gasteiger partial charge in [-0.25, -0.2) is 4.79 Å². The normalized spacial score (nSPS) is 10.0. The Bertz CT molecular complexity index is 324. The van der Waals surface area contributed by atoms with Gasteiger partial charge in [-0.1, -0.05) is 6.92 Å². The number of carboxylic acids is 1. The van der Waals surface area contributed by atoms with E-state index in [1.54, 1.807) is 13.0 Å². The van der Waals surface area contributed by atoms with Gasteiger partial charge in [-0.15, -0.1) is 0 Å². The second-order valence-electron chi connectivity index (χ2n) is 2.82. The summed E-state index contributed by atoms with van der Waals surface area (Å²) in [5.41, 5.74) is 7.27. The van der Waals surface area contributed by atoms with E-state index in [1.807, 2.05) is 6.92 Å². The van der Waals surface area contributed by atoms with Gasteiger partial charge in [-0.3, -0.25) is 4.98 Å². The fraction of sp³-hybridized carbons (Fsp3) is 0.333. The van der Waals surface area contributed by atoms with Crippen LogP contribution < -0.4 is 5.73 Å². The van der Waals surface area contributed by atoms with Crippen molar-refractivity contribution in [1.29, 1.82) is 0 Å². The van der Waals surface area contributed by atoms with Gasteiger partial charge in [0.15, 0.2) is 0 Å². The van der Waals surface area contributed by atoms with Gasteiger partial charge in [-0.2, -0.15) is 0 Å². The van der Waals surface area contributed by atoms with Crippen LogP contribution >= 0.6 is 0 Å². The van der Waals surface area contributed by atoms with Crippen LogP contribution in [-0.2, 0) is 6.42 Å². The maximum Gasteiger partial charge on any atom is 0.339 e. The van der Waals surface area contributed by atoms with Gasteiger partial charge in [0, 0.05) is 11.4 Å². The summed E-state index contributed by atoms with van der Waals surface area (Å²) in [6.45, 7) is 3.60. The number of hydrogen-bond acceptors (Lipinski definition) is 3. The van der Waals surface area contributed by atoms with Crippen molar-refractivity contribution < 1.29 is 9.90 Å². The third kappa shape index (κ3) is 1.77. The maximum absolute atomic E-state index is 10.7. The molecule has 0 radical (unpaired) electrons. The standard InChI is InChI=1S/C9H12N2O2/c1-3-6-4-7(10)8(9(12)13)5(2)11-6/h4H,3H2,1-2H3,(H2,10,11)(H,12,13). The number of aryl methyl sites for hydroxylation is 2. The molecule has 0 amide bonds. The topological polar surface area (TPSA) is 76.2 Å². The Hall–Kier alpha value is -1.58. The molecule has 0 atom stereocenters. The molecule has 70 valence electrons. The highest BCUT2D eigenvalue weighted by Crippen LogP contribution is 2.16. The van der Waals surface area contributed by atoms with E-state index < -0.39 is 5.97 Å². The number of carboxylic acid groups (broad SMARTS) is 1.